The minimum Gasteiger partial charge on any atom is -0.391 e. The number of aliphatic hydroxyl groups is 1. The highest BCUT2D eigenvalue weighted by Gasteiger charge is 2.13. The van der Waals surface area contributed by atoms with Crippen molar-refractivity contribution in [2.24, 2.45) is 5.92 Å². The summed E-state index contributed by atoms with van der Waals surface area (Å²) in [4.78, 5) is 11.7. The van der Waals surface area contributed by atoms with Crippen LogP contribution in [0, 0.1) is 5.92 Å². The maximum Gasteiger partial charge on any atom is 0.222 e. The molecule has 3 heteroatoms. The lowest BCUT2D eigenvalue weighted by atomic mass is 10.0. The van der Waals surface area contributed by atoms with Gasteiger partial charge in [-0.2, -0.15) is 0 Å². The van der Waals surface area contributed by atoms with Crippen LogP contribution >= 0.6 is 0 Å². The molecule has 0 aromatic heterocycles. The van der Waals surface area contributed by atoms with E-state index in [-0.39, 0.29) is 11.8 Å². The first kappa shape index (κ1) is 14.7. The smallest absolute Gasteiger partial charge is 0.222 e. The van der Waals surface area contributed by atoms with Crippen LogP contribution in [-0.2, 0) is 11.2 Å². The average molecular weight is 249 g/mol. The molecule has 1 amide bonds. The first-order chi connectivity index (χ1) is 8.63. The molecule has 2 unspecified atom stereocenters. The molecule has 0 bridgehead atoms. The standard InChI is InChI=1S/C15H23NO2/c1-3-7-12(2)15(18)16-11-14(17)10-13-8-5-4-6-9-13/h4-6,8-9,12,14,17H,3,7,10-11H2,1-2H3,(H,16,18). The molecule has 3 nitrogen and oxygen atoms in total. The quantitative estimate of drug-likeness (QED) is 0.778. The zero-order chi connectivity index (χ0) is 13.4. The van der Waals surface area contributed by atoms with Gasteiger partial charge in [0.25, 0.3) is 0 Å². The molecule has 0 spiro atoms. The molecule has 0 aliphatic rings. The molecule has 2 atom stereocenters. The first-order valence-corrected chi connectivity index (χ1v) is 6.63. The molecule has 0 heterocycles. The fourth-order valence-corrected chi connectivity index (χ4v) is 1.92. The van der Waals surface area contributed by atoms with Gasteiger partial charge in [-0.1, -0.05) is 50.6 Å². The van der Waals surface area contributed by atoms with Gasteiger partial charge in [0.15, 0.2) is 0 Å². The van der Waals surface area contributed by atoms with E-state index in [9.17, 15) is 9.90 Å². The third kappa shape index (κ3) is 5.32. The Hall–Kier alpha value is -1.35. The van der Waals surface area contributed by atoms with Crippen LogP contribution in [0.2, 0.25) is 0 Å². The first-order valence-electron chi connectivity index (χ1n) is 6.63. The summed E-state index contributed by atoms with van der Waals surface area (Å²) < 4.78 is 0. The van der Waals surface area contributed by atoms with Crippen LogP contribution < -0.4 is 5.32 Å². The third-order valence-electron chi connectivity index (χ3n) is 3.00. The van der Waals surface area contributed by atoms with Gasteiger partial charge in [-0.15, -0.1) is 0 Å². The van der Waals surface area contributed by atoms with Gasteiger partial charge in [-0.05, 0) is 12.0 Å². The summed E-state index contributed by atoms with van der Waals surface area (Å²) in [5, 5.41) is 12.6. The van der Waals surface area contributed by atoms with Crippen molar-refractivity contribution >= 4 is 5.91 Å². The van der Waals surface area contributed by atoms with Crippen LogP contribution in [0.15, 0.2) is 30.3 Å². The number of carbonyl (C=O) groups is 1. The molecule has 0 fully saturated rings. The van der Waals surface area contributed by atoms with E-state index in [1.807, 2.05) is 37.3 Å². The lowest BCUT2D eigenvalue weighted by Crippen LogP contribution is -2.36. The molecule has 2 N–H and O–H groups in total. The van der Waals surface area contributed by atoms with Crippen molar-refractivity contribution in [1.82, 2.24) is 5.32 Å². The maximum atomic E-state index is 11.7. The maximum absolute atomic E-state index is 11.7. The number of aliphatic hydroxyl groups excluding tert-OH is 1. The number of hydrogen-bond acceptors (Lipinski definition) is 2. The van der Waals surface area contributed by atoms with Gasteiger partial charge in [-0.25, -0.2) is 0 Å². The Morgan fingerprint density at radius 3 is 2.61 bits per heavy atom. The second-order valence-electron chi connectivity index (χ2n) is 4.78. The largest absolute Gasteiger partial charge is 0.391 e. The van der Waals surface area contributed by atoms with E-state index in [2.05, 4.69) is 12.2 Å². The van der Waals surface area contributed by atoms with Crippen LogP contribution in [0.3, 0.4) is 0 Å². The fourth-order valence-electron chi connectivity index (χ4n) is 1.92. The van der Waals surface area contributed by atoms with Crippen molar-refractivity contribution in [3.05, 3.63) is 35.9 Å². The Morgan fingerprint density at radius 1 is 1.33 bits per heavy atom. The minimum atomic E-state index is -0.523. The molecule has 0 aliphatic carbocycles. The number of carbonyl (C=O) groups excluding carboxylic acids is 1. The fraction of sp³-hybridized carbons (Fsp3) is 0.533. The highest BCUT2D eigenvalue weighted by atomic mass is 16.3. The molecule has 18 heavy (non-hydrogen) atoms. The summed E-state index contributed by atoms with van der Waals surface area (Å²) in [7, 11) is 0. The molecular formula is C15H23NO2. The average Bonchev–Trinajstić information content (AvgIpc) is 2.37. The molecule has 0 radical (unpaired) electrons. The van der Waals surface area contributed by atoms with Crippen LogP contribution in [0.4, 0.5) is 0 Å². The van der Waals surface area contributed by atoms with E-state index in [0.29, 0.717) is 13.0 Å². The van der Waals surface area contributed by atoms with Crippen LogP contribution in [0.5, 0.6) is 0 Å². The number of nitrogens with one attached hydrogen (secondary N) is 1. The molecule has 0 aliphatic heterocycles. The second kappa shape index (κ2) is 7.88. The summed E-state index contributed by atoms with van der Waals surface area (Å²) in [5.74, 6) is 0.0582. The summed E-state index contributed by atoms with van der Waals surface area (Å²) >= 11 is 0. The van der Waals surface area contributed by atoms with Gasteiger partial charge in [0.1, 0.15) is 0 Å². The van der Waals surface area contributed by atoms with Crippen molar-refractivity contribution in [1.29, 1.82) is 0 Å². The van der Waals surface area contributed by atoms with Crippen LogP contribution in [-0.4, -0.2) is 23.7 Å². The summed E-state index contributed by atoms with van der Waals surface area (Å²) in [6, 6.07) is 9.80. The van der Waals surface area contributed by atoms with Gasteiger partial charge in [0.2, 0.25) is 5.91 Å². The zero-order valence-electron chi connectivity index (χ0n) is 11.2. The van der Waals surface area contributed by atoms with Crippen LogP contribution in [0.25, 0.3) is 0 Å². The Morgan fingerprint density at radius 2 is 2.00 bits per heavy atom. The van der Waals surface area contributed by atoms with E-state index in [1.54, 1.807) is 0 Å². The number of hydrogen-bond donors (Lipinski definition) is 2. The van der Waals surface area contributed by atoms with Gasteiger partial charge in [-0.3, -0.25) is 4.79 Å². The Labute approximate surface area is 109 Å². The molecule has 100 valence electrons. The molecule has 1 aromatic carbocycles. The Balaban J connectivity index is 2.29. The topological polar surface area (TPSA) is 49.3 Å². The number of rotatable bonds is 7. The monoisotopic (exact) mass is 249 g/mol. The molecule has 0 saturated heterocycles. The number of benzene rings is 1. The van der Waals surface area contributed by atoms with Gasteiger partial charge in [0, 0.05) is 18.9 Å². The van der Waals surface area contributed by atoms with Gasteiger partial charge in [0.05, 0.1) is 6.10 Å². The summed E-state index contributed by atoms with van der Waals surface area (Å²) in [5.41, 5.74) is 1.08. The van der Waals surface area contributed by atoms with E-state index in [1.165, 1.54) is 0 Å². The Kier molecular flexibility index (Phi) is 6.44. The van der Waals surface area contributed by atoms with E-state index in [0.717, 1.165) is 18.4 Å². The summed E-state index contributed by atoms with van der Waals surface area (Å²) in [6.07, 6.45) is 1.94. The van der Waals surface area contributed by atoms with Crippen molar-refractivity contribution in [2.75, 3.05) is 6.54 Å². The van der Waals surface area contributed by atoms with Gasteiger partial charge < -0.3 is 10.4 Å². The highest BCUT2D eigenvalue weighted by molar-refractivity contribution is 5.78. The van der Waals surface area contributed by atoms with Crippen molar-refractivity contribution in [3.8, 4) is 0 Å². The normalized spacial score (nSPS) is 13.9. The third-order valence-corrected chi connectivity index (χ3v) is 3.00. The van der Waals surface area contributed by atoms with E-state index >= 15 is 0 Å². The highest BCUT2D eigenvalue weighted by Crippen LogP contribution is 2.05. The lowest BCUT2D eigenvalue weighted by Gasteiger charge is -2.14. The minimum absolute atomic E-state index is 0.0268. The number of amides is 1. The predicted octanol–water partition coefficient (Wildman–Crippen LogP) is 2.14. The summed E-state index contributed by atoms with van der Waals surface area (Å²) in [6.45, 7) is 4.30. The molecular weight excluding hydrogens is 226 g/mol. The van der Waals surface area contributed by atoms with Gasteiger partial charge >= 0.3 is 0 Å². The zero-order valence-corrected chi connectivity index (χ0v) is 11.2. The van der Waals surface area contributed by atoms with Crippen molar-refractivity contribution < 1.29 is 9.90 Å². The second-order valence-corrected chi connectivity index (χ2v) is 4.78. The lowest BCUT2D eigenvalue weighted by molar-refractivity contribution is -0.125. The van der Waals surface area contributed by atoms with Crippen LogP contribution in [0.1, 0.15) is 32.3 Å². The Bertz CT molecular complexity index is 351. The van der Waals surface area contributed by atoms with E-state index < -0.39 is 6.10 Å². The molecule has 1 rings (SSSR count). The predicted molar refractivity (Wildman–Crippen MR) is 73.2 cm³/mol. The van der Waals surface area contributed by atoms with E-state index in [4.69, 9.17) is 0 Å². The SMILES string of the molecule is CCCC(C)C(=O)NCC(O)Cc1ccccc1. The van der Waals surface area contributed by atoms with Crippen molar-refractivity contribution in [3.63, 3.8) is 0 Å². The molecule has 0 saturated carbocycles. The molecule has 1 aromatic rings. The van der Waals surface area contributed by atoms with Crippen molar-refractivity contribution in [2.45, 2.75) is 39.2 Å².